The number of anilines is 1. The van der Waals surface area contributed by atoms with Crippen molar-refractivity contribution in [3.05, 3.63) is 54.1 Å². The zero-order valence-electron chi connectivity index (χ0n) is 15.2. The number of hydrogen-bond donors (Lipinski definition) is 1. The van der Waals surface area contributed by atoms with Gasteiger partial charge in [0.1, 0.15) is 18.1 Å². The lowest BCUT2D eigenvalue weighted by Crippen LogP contribution is -2.30. The lowest BCUT2D eigenvalue weighted by molar-refractivity contribution is 0.0947. The molecule has 1 saturated heterocycles. The number of nitrogens with zero attached hydrogens (tertiary/aromatic N) is 1. The molecule has 0 atom stereocenters. The van der Waals surface area contributed by atoms with Crippen molar-refractivity contribution in [3.63, 3.8) is 0 Å². The molecule has 2 aromatic carbocycles. The maximum Gasteiger partial charge on any atom is 0.251 e. The minimum Gasteiger partial charge on any atom is -0.497 e. The highest BCUT2D eigenvalue weighted by Gasteiger charge is 2.11. The SMILES string of the molecule is COc1ccc(OCCNC(=O)c2ccc(N3CCCCC3)cc2)cc1. The third kappa shape index (κ3) is 4.91. The van der Waals surface area contributed by atoms with Crippen molar-refractivity contribution in [2.24, 2.45) is 0 Å². The Morgan fingerprint density at radius 2 is 1.62 bits per heavy atom. The zero-order valence-corrected chi connectivity index (χ0v) is 15.2. The molecule has 1 fully saturated rings. The van der Waals surface area contributed by atoms with Gasteiger partial charge in [-0.25, -0.2) is 0 Å². The first-order valence-electron chi connectivity index (χ1n) is 9.16. The number of benzene rings is 2. The van der Waals surface area contributed by atoms with E-state index in [1.807, 2.05) is 48.5 Å². The van der Waals surface area contributed by atoms with Gasteiger partial charge in [0, 0.05) is 24.3 Å². The number of hydrogen-bond acceptors (Lipinski definition) is 4. The minimum atomic E-state index is -0.0754. The lowest BCUT2D eigenvalue weighted by Gasteiger charge is -2.28. The molecule has 0 radical (unpaired) electrons. The van der Waals surface area contributed by atoms with Crippen molar-refractivity contribution >= 4 is 11.6 Å². The van der Waals surface area contributed by atoms with Crippen LogP contribution in [0.3, 0.4) is 0 Å². The molecule has 1 heterocycles. The molecule has 0 bridgehead atoms. The Kier molecular flexibility index (Phi) is 6.36. The standard InChI is InChI=1S/C21H26N2O3/c1-25-19-9-11-20(12-10-19)26-16-13-22-21(24)17-5-7-18(8-6-17)23-14-3-2-4-15-23/h5-12H,2-4,13-16H2,1H3,(H,22,24). The summed E-state index contributed by atoms with van der Waals surface area (Å²) in [5, 5.41) is 2.89. The van der Waals surface area contributed by atoms with E-state index < -0.39 is 0 Å². The van der Waals surface area contributed by atoms with Gasteiger partial charge in [0.05, 0.1) is 13.7 Å². The van der Waals surface area contributed by atoms with Crippen LogP contribution in [-0.4, -0.2) is 39.3 Å². The molecule has 1 aliphatic rings. The van der Waals surface area contributed by atoms with E-state index in [0.717, 1.165) is 24.6 Å². The van der Waals surface area contributed by atoms with Gasteiger partial charge in [-0.15, -0.1) is 0 Å². The van der Waals surface area contributed by atoms with Crippen LogP contribution in [0.2, 0.25) is 0 Å². The monoisotopic (exact) mass is 354 g/mol. The molecule has 0 spiro atoms. The molecule has 138 valence electrons. The predicted octanol–water partition coefficient (Wildman–Crippen LogP) is 3.49. The number of carbonyl (C=O) groups is 1. The third-order valence-electron chi connectivity index (χ3n) is 4.57. The van der Waals surface area contributed by atoms with Crippen molar-refractivity contribution in [1.29, 1.82) is 0 Å². The van der Waals surface area contributed by atoms with E-state index in [9.17, 15) is 4.79 Å². The Balaban J connectivity index is 1.42. The van der Waals surface area contributed by atoms with Crippen molar-refractivity contribution in [1.82, 2.24) is 5.32 Å². The molecule has 1 aliphatic heterocycles. The van der Waals surface area contributed by atoms with E-state index in [4.69, 9.17) is 9.47 Å². The van der Waals surface area contributed by atoms with Gasteiger partial charge in [-0.2, -0.15) is 0 Å². The second kappa shape index (κ2) is 9.13. The van der Waals surface area contributed by atoms with Crippen molar-refractivity contribution in [3.8, 4) is 11.5 Å². The van der Waals surface area contributed by atoms with E-state index in [0.29, 0.717) is 18.7 Å². The summed E-state index contributed by atoms with van der Waals surface area (Å²) in [5.74, 6) is 1.47. The van der Waals surface area contributed by atoms with Crippen molar-refractivity contribution in [2.75, 3.05) is 38.3 Å². The summed E-state index contributed by atoms with van der Waals surface area (Å²) >= 11 is 0. The Labute approximate surface area is 154 Å². The van der Waals surface area contributed by atoms with E-state index in [2.05, 4.69) is 10.2 Å². The summed E-state index contributed by atoms with van der Waals surface area (Å²) in [6.07, 6.45) is 3.81. The van der Waals surface area contributed by atoms with Crippen LogP contribution in [0, 0.1) is 0 Å². The lowest BCUT2D eigenvalue weighted by atomic mass is 10.1. The van der Waals surface area contributed by atoms with Gasteiger partial charge < -0.3 is 19.7 Å². The van der Waals surface area contributed by atoms with Crippen LogP contribution in [0.5, 0.6) is 11.5 Å². The van der Waals surface area contributed by atoms with Crippen molar-refractivity contribution < 1.29 is 14.3 Å². The Morgan fingerprint density at radius 1 is 0.962 bits per heavy atom. The molecule has 5 heteroatoms. The molecule has 1 N–H and O–H groups in total. The second-order valence-corrected chi connectivity index (χ2v) is 6.37. The highest BCUT2D eigenvalue weighted by atomic mass is 16.5. The third-order valence-corrected chi connectivity index (χ3v) is 4.57. The summed E-state index contributed by atoms with van der Waals surface area (Å²) in [6.45, 7) is 3.09. The number of nitrogens with one attached hydrogen (secondary N) is 1. The summed E-state index contributed by atoms with van der Waals surface area (Å²) in [5.41, 5.74) is 1.87. The highest BCUT2D eigenvalue weighted by Crippen LogP contribution is 2.20. The topological polar surface area (TPSA) is 50.8 Å². The average Bonchev–Trinajstić information content (AvgIpc) is 2.72. The number of amides is 1. The van der Waals surface area contributed by atoms with Crippen LogP contribution in [0.15, 0.2) is 48.5 Å². The molecular weight excluding hydrogens is 328 g/mol. The maximum absolute atomic E-state index is 12.2. The minimum absolute atomic E-state index is 0.0754. The smallest absolute Gasteiger partial charge is 0.251 e. The molecule has 5 nitrogen and oxygen atoms in total. The summed E-state index contributed by atoms with van der Waals surface area (Å²) in [4.78, 5) is 14.6. The molecule has 0 aromatic heterocycles. The first-order chi connectivity index (χ1) is 12.8. The average molecular weight is 354 g/mol. The van der Waals surface area contributed by atoms with Gasteiger partial charge in [0.25, 0.3) is 5.91 Å². The summed E-state index contributed by atoms with van der Waals surface area (Å²) in [7, 11) is 1.63. The van der Waals surface area contributed by atoms with E-state index in [1.54, 1.807) is 7.11 Å². The fraction of sp³-hybridized carbons (Fsp3) is 0.381. The number of carbonyl (C=O) groups excluding carboxylic acids is 1. The van der Waals surface area contributed by atoms with Crippen molar-refractivity contribution in [2.45, 2.75) is 19.3 Å². The normalized spacial score (nSPS) is 14.0. The van der Waals surface area contributed by atoms with Gasteiger partial charge in [-0.1, -0.05) is 0 Å². The van der Waals surface area contributed by atoms with Crippen LogP contribution >= 0.6 is 0 Å². The van der Waals surface area contributed by atoms with E-state index in [-0.39, 0.29) is 5.91 Å². The zero-order chi connectivity index (χ0) is 18.2. The second-order valence-electron chi connectivity index (χ2n) is 6.37. The number of methoxy groups -OCH3 is 1. The van der Waals surface area contributed by atoms with Crippen LogP contribution in [0.4, 0.5) is 5.69 Å². The van der Waals surface area contributed by atoms with Gasteiger partial charge in [0.2, 0.25) is 0 Å². The van der Waals surface area contributed by atoms with Crippen LogP contribution in [-0.2, 0) is 0 Å². The fourth-order valence-electron chi connectivity index (χ4n) is 3.08. The molecule has 1 amide bonds. The Bertz CT molecular complexity index is 692. The van der Waals surface area contributed by atoms with E-state index in [1.165, 1.54) is 24.9 Å². The Morgan fingerprint density at radius 3 is 2.27 bits per heavy atom. The van der Waals surface area contributed by atoms with Crippen LogP contribution in [0.1, 0.15) is 29.6 Å². The number of rotatable bonds is 7. The summed E-state index contributed by atoms with van der Waals surface area (Å²) in [6, 6.07) is 15.2. The van der Waals surface area contributed by atoms with Crippen LogP contribution in [0.25, 0.3) is 0 Å². The number of piperidine rings is 1. The summed E-state index contributed by atoms with van der Waals surface area (Å²) < 4.78 is 10.7. The molecule has 0 aliphatic carbocycles. The molecular formula is C21H26N2O3. The first-order valence-corrected chi connectivity index (χ1v) is 9.16. The molecule has 3 rings (SSSR count). The highest BCUT2D eigenvalue weighted by molar-refractivity contribution is 5.94. The number of ether oxygens (including phenoxy) is 2. The predicted molar refractivity (Wildman–Crippen MR) is 103 cm³/mol. The largest absolute Gasteiger partial charge is 0.497 e. The van der Waals surface area contributed by atoms with E-state index >= 15 is 0 Å². The van der Waals surface area contributed by atoms with Gasteiger partial charge >= 0.3 is 0 Å². The quantitative estimate of drug-likeness (QED) is 0.773. The molecule has 2 aromatic rings. The molecule has 0 saturated carbocycles. The maximum atomic E-state index is 12.2. The van der Waals surface area contributed by atoms with Gasteiger partial charge in [0.15, 0.2) is 0 Å². The van der Waals surface area contributed by atoms with Crippen LogP contribution < -0.4 is 19.7 Å². The molecule has 26 heavy (non-hydrogen) atoms. The van der Waals surface area contributed by atoms with Gasteiger partial charge in [-0.3, -0.25) is 4.79 Å². The fourth-order valence-corrected chi connectivity index (χ4v) is 3.08. The molecule has 0 unspecified atom stereocenters. The first kappa shape index (κ1) is 18.1. The van der Waals surface area contributed by atoms with Gasteiger partial charge in [-0.05, 0) is 67.8 Å². The Hall–Kier alpha value is -2.69.